The van der Waals surface area contributed by atoms with Crippen molar-refractivity contribution in [3.05, 3.63) is 23.8 Å². The topological polar surface area (TPSA) is 30.5 Å². The second kappa shape index (κ2) is 9.67. The van der Waals surface area contributed by atoms with E-state index in [9.17, 15) is 0 Å². The van der Waals surface area contributed by atoms with E-state index in [0.717, 1.165) is 24.7 Å². The van der Waals surface area contributed by atoms with Crippen LogP contribution in [0.25, 0.3) is 0 Å². The Morgan fingerprint density at radius 2 is 1.81 bits per heavy atom. The Kier molecular flexibility index (Phi) is 8.21. The van der Waals surface area contributed by atoms with Gasteiger partial charge in [-0.25, -0.2) is 0 Å². The number of nitrogens with one attached hydrogen (secondary N) is 1. The molecule has 0 heterocycles. The van der Waals surface area contributed by atoms with Crippen molar-refractivity contribution in [1.82, 2.24) is 5.32 Å². The molecule has 3 heteroatoms. The zero-order valence-electron chi connectivity index (χ0n) is 14.2. The zero-order chi connectivity index (χ0) is 15.7. The summed E-state index contributed by atoms with van der Waals surface area (Å²) in [5, 5.41) is 3.42. The normalized spacial score (nSPS) is 12.5. The third-order valence-electron chi connectivity index (χ3n) is 3.33. The van der Waals surface area contributed by atoms with E-state index in [-0.39, 0.29) is 0 Å². The lowest BCUT2D eigenvalue weighted by Crippen LogP contribution is -2.21. The summed E-state index contributed by atoms with van der Waals surface area (Å²) in [4.78, 5) is 0. The van der Waals surface area contributed by atoms with Gasteiger partial charge in [-0.2, -0.15) is 0 Å². The van der Waals surface area contributed by atoms with Crippen LogP contribution in [0.1, 0.15) is 53.0 Å². The maximum Gasteiger partial charge on any atom is 0.161 e. The Balaban J connectivity index is 2.69. The van der Waals surface area contributed by atoms with Gasteiger partial charge < -0.3 is 14.8 Å². The monoisotopic (exact) mass is 293 g/mol. The quantitative estimate of drug-likeness (QED) is 0.693. The highest BCUT2D eigenvalue weighted by atomic mass is 16.5. The lowest BCUT2D eigenvalue weighted by molar-refractivity contribution is 0.234. The van der Waals surface area contributed by atoms with Crippen LogP contribution in [0, 0.1) is 5.92 Å². The minimum Gasteiger partial charge on any atom is -0.490 e. The zero-order valence-corrected chi connectivity index (χ0v) is 14.2. The Bertz CT molecular complexity index is 404. The lowest BCUT2D eigenvalue weighted by atomic mass is 10.1. The Morgan fingerprint density at radius 1 is 1.05 bits per heavy atom. The molecule has 1 aromatic rings. The Labute approximate surface area is 130 Å². The predicted octanol–water partition coefficient (Wildman–Crippen LogP) is 4.40. The van der Waals surface area contributed by atoms with Crippen LogP contribution in [0.5, 0.6) is 11.5 Å². The van der Waals surface area contributed by atoms with Crippen LogP contribution >= 0.6 is 0 Å². The summed E-state index contributed by atoms with van der Waals surface area (Å²) in [6.45, 7) is 13.0. The predicted molar refractivity (Wildman–Crippen MR) is 89.2 cm³/mol. The fourth-order valence-electron chi connectivity index (χ4n) is 2.18. The van der Waals surface area contributed by atoms with Crippen molar-refractivity contribution in [2.75, 3.05) is 13.2 Å². The second-order valence-electron chi connectivity index (χ2n) is 5.95. The van der Waals surface area contributed by atoms with Gasteiger partial charge >= 0.3 is 0 Å². The van der Waals surface area contributed by atoms with Crippen molar-refractivity contribution in [3.8, 4) is 11.5 Å². The summed E-state index contributed by atoms with van der Waals surface area (Å²) in [7, 11) is 0. The van der Waals surface area contributed by atoms with Gasteiger partial charge in [0.1, 0.15) is 0 Å². The molecule has 1 N–H and O–H groups in total. The van der Waals surface area contributed by atoms with Crippen molar-refractivity contribution in [2.24, 2.45) is 5.92 Å². The van der Waals surface area contributed by atoms with Crippen molar-refractivity contribution in [1.29, 1.82) is 0 Å². The molecule has 0 fully saturated rings. The SMILES string of the molecule is CCCC(C)COc1ccc(CNC(C)C)cc1OCC. The summed E-state index contributed by atoms with van der Waals surface area (Å²) < 4.78 is 11.7. The first-order valence-corrected chi connectivity index (χ1v) is 8.18. The lowest BCUT2D eigenvalue weighted by Gasteiger charge is -2.16. The molecule has 0 bridgehead atoms. The van der Waals surface area contributed by atoms with Crippen LogP contribution in [0.3, 0.4) is 0 Å². The van der Waals surface area contributed by atoms with Crippen molar-refractivity contribution >= 4 is 0 Å². The van der Waals surface area contributed by atoms with E-state index in [1.807, 2.05) is 13.0 Å². The van der Waals surface area contributed by atoms with Gasteiger partial charge in [0.05, 0.1) is 13.2 Å². The number of ether oxygens (including phenoxy) is 2. The largest absolute Gasteiger partial charge is 0.490 e. The summed E-state index contributed by atoms with van der Waals surface area (Å²) in [5.41, 5.74) is 1.22. The molecule has 0 spiro atoms. The highest BCUT2D eigenvalue weighted by molar-refractivity contribution is 5.43. The molecule has 1 atom stereocenters. The van der Waals surface area contributed by atoms with Gasteiger partial charge in [0.2, 0.25) is 0 Å². The molecule has 0 aliphatic heterocycles. The smallest absolute Gasteiger partial charge is 0.161 e. The first kappa shape index (κ1) is 17.8. The third kappa shape index (κ3) is 6.85. The van der Waals surface area contributed by atoms with Gasteiger partial charge in [-0.1, -0.05) is 40.2 Å². The van der Waals surface area contributed by atoms with E-state index in [0.29, 0.717) is 18.6 Å². The van der Waals surface area contributed by atoms with Crippen LogP contribution < -0.4 is 14.8 Å². The second-order valence-corrected chi connectivity index (χ2v) is 5.95. The molecule has 21 heavy (non-hydrogen) atoms. The van der Waals surface area contributed by atoms with E-state index in [1.54, 1.807) is 0 Å². The first-order valence-electron chi connectivity index (χ1n) is 8.18. The van der Waals surface area contributed by atoms with Crippen LogP contribution in [-0.2, 0) is 6.54 Å². The molecule has 0 aromatic heterocycles. The van der Waals surface area contributed by atoms with Crippen molar-refractivity contribution in [2.45, 2.75) is 60.0 Å². The maximum absolute atomic E-state index is 5.94. The fraction of sp³-hybridized carbons (Fsp3) is 0.667. The number of benzene rings is 1. The molecule has 1 unspecified atom stereocenters. The molecule has 1 rings (SSSR count). The van der Waals surface area contributed by atoms with Gasteiger partial charge in [0.25, 0.3) is 0 Å². The molecular formula is C18H31NO2. The van der Waals surface area contributed by atoms with Crippen molar-refractivity contribution < 1.29 is 9.47 Å². The number of hydrogen-bond acceptors (Lipinski definition) is 3. The van der Waals surface area contributed by atoms with Crippen molar-refractivity contribution in [3.63, 3.8) is 0 Å². The molecule has 120 valence electrons. The van der Waals surface area contributed by atoms with Gasteiger partial charge in [-0.05, 0) is 37.0 Å². The van der Waals surface area contributed by atoms with Crippen LogP contribution in [0.15, 0.2) is 18.2 Å². The maximum atomic E-state index is 5.94. The molecule has 1 aromatic carbocycles. The Hall–Kier alpha value is -1.22. The first-order chi connectivity index (χ1) is 10.1. The third-order valence-corrected chi connectivity index (χ3v) is 3.33. The van der Waals surface area contributed by atoms with E-state index in [2.05, 4.69) is 45.1 Å². The van der Waals surface area contributed by atoms with Crippen LogP contribution in [0.4, 0.5) is 0 Å². The van der Waals surface area contributed by atoms with E-state index < -0.39 is 0 Å². The van der Waals surface area contributed by atoms with Crippen LogP contribution in [-0.4, -0.2) is 19.3 Å². The average molecular weight is 293 g/mol. The average Bonchev–Trinajstić information content (AvgIpc) is 2.44. The van der Waals surface area contributed by atoms with Gasteiger partial charge in [-0.3, -0.25) is 0 Å². The minimum atomic E-state index is 0.478. The fourth-order valence-corrected chi connectivity index (χ4v) is 2.18. The standard InChI is InChI=1S/C18H31NO2/c1-6-8-15(5)13-21-17-10-9-16(12-19-14(3)4)11-18(17)20-7-2/h9-11,14-15,19H,6-8,12-13H2,1-5H3. The summed E-state index contributed by atoms with van der Waals surface area (Å²) >= 11 is 0. The highest BCUT2D eigenvalue weighted by Crippen LogP contribution is 2.29. The van der Waals surface area contributed by atoms with E-state index in [4.69, 9.17) is 9.47 Å². The molecule has 0 saturated carbocycles. The molecule has 0 radical (unpaired) electrons. The van der Waals surface area contributed by atoms with E-state index in [1.165, 1.54) is 18.4 Å². The minimum absolute atomic E-state index is 0.478. The molecule has 3 nitrogen and oxygen atoms in total. The summed E-state index contributed by atoms with van der Waals surface area (Å²) in [6, 6.07) is 6.70. The summed E-state index contributed by atoms with van der Waals surface area (Å²) in [6.07, 6.45) is 2.39. The molecule has 0 aliphatic carbocycles. The molecular weight excluding hydrogens is 262 g/mol. The summed E-state index contributed by atoms with van der Waals surface area (Å²) in [5.74, 6) is 2.28. The van der Waals surface area contributed by atoms with E-state index >= 15 is 0 Å². The van der Waals surface area contributed by atoms with Gasteiger partial charge in [0, 0.05) is 12.6 Å². The number of hydrogen-bond donors (Lipinski definition) is 1. The molecule has 0 amide bonds. The van der Waals surface area contributed by atoms with Crippen LogP contribution in [0.2, 0.25) is 0 Å². The van der Waals surface area contributed by atoms with Gasteiger partial charge in [0.15, 0.2) is 11.5 Å². The highest BCUT2D eigenvalue weighted by Gasteiger charge is 2.09. The number of rotatable bonds is 10. The van der Waals surface area contributed by atoms with Gasteiger partial charge in [-0.15, -0.1) is 0 Å². The Morgan fingerprint density at radius 3 is 2.43 bits per heavy atom. The molecule has 0 aliphatic rings. The molecule has 0 saturated heterocycles.